The smallest absolute Gasteiger partial charge is 0.365 e. The number of benzene rings is 2. The van der Waals surface area contributed by atoms with Gasteiger partial charge in [-0.15, -0.1) is 0 Å². The molecule has 0 amide bonds. The summed E-state index contributed by atoms with van der Waals surface area (Å²) in [5, 5.41) is 3.64. The van der Waals surface area contributed by atoms with E-state index in [2.05, 4.69) is 5.16 Å². The highest BCUT2D eigenvalue weighted by atomic mass is 16.7. The van der Waals surface area contributed by atoms with Gasteiger partial charge in [0.25, 0.3) is 0 Å². The maximum atomic E-state index is 11.6. The first kappa shape index (κ1) is 15.5. The number of nitrogens with zero attached hydrogens (tertiary/aromatic N) is 2. The molecule has 4 heteroatoms. The number of rotatable bonds is 5. The Hall–Kier alpha value is -2.88. The molecule has 0 aliphatic carbocycles. The SMILES string of the molecule is CN(C)c1ccc(/C=C/C=NOC(=O)c2ccccc2)cc1. The van der Waals surface area contributed by atoms with E-state index in [1.165, 1.54) is 6.21 Å². The van der Waals surface area contributed by atoms with Gasteiger partial charge in [0.1, 0.15) is 0 Å². The van der Waals surface area contributed by atoms with Crippen LogP contribution in [0.15, 0.2) is 65.8 Å². The first-order chi connectivity index (χ1) is 10.7. The monoisotopic (exact) mass is 294 g/mol. The van der Waals surface area contributed by atoms with Crippen LogP contribution in [-0.4, -0.2) is 26.3 Å². The molecule has 0 radical (unpaired) electrons. The van der Waals surface area contributed by atoms with Gasteiger partial charge in [-0.3, -0.25) is 0 Å². The lowest BCUT2D eigenvalue weighted by Crippen LogP contribution is -2.07. The van der Waals surface area contributed by atoms with Gasteiger partial charge < -0.3 is 9.74 Å². The van der Waals surface area contributed by atoms with Gasteiger partial charge in [-0.25, -0.2) is 4.79 Å². The number of hydrogen-bond donors (Lipinski definition) is 0. The molecule has 0 bridgehead atoms. The lowest BCUT2D eigenvalue weighted by atomic mass is 10.2. The van der Waals surface area contributed by atoms with Crippen LogP contribution in [0.2, 0.25) is 0 Å². The molecule has 0 spiro atoms. The van der Waals surface area contributed by atoms with Crippen molar-refractivity contribution in [2.24, 2.45) is 5.16 Å². The number of carbonyl (C=O) groups is 1. The number of anilines is 1. The van der Waals surface area contributed by atoms with Crippen molar-refractivity contribution >= 4 is 23.9 Å². The van der Waals surface area contributed by atoms with Crippen LogP contribution in [0.5, 0.6) is 0 Å². The van der Waals surface area contributed by atoms with Gasteiger partial charge in [-0.05, 0) is 35.9 Å². The van der Waals surface area contributed by atoms with Gasteiger partial charge in [0, 0.05) is 19.8 Å². The second-order valence-corrected chi connectivity index (χ2v) is 4.84. The van der Waals surface area contributed by atoms with Crippen molar-refractivity contribution in [2.45, 2.75) is 0 Å². The van der Waals surface area contributed by atoms with Crippen LogP contribution in [0.25, 0.3) is 6.08 Å². The average molecular weight is 294 g/mol. The van der Waals surface area contributed by atoms with Crippen LogP contribution in [0.4, 0.5) is 5.69 Å². The van der Waals surface area contributed by atoms with Crippen molar-refractivity contribution in [3.63, 3.8) is 0 Å². The van der Waals surface area contributed by atoms with Gasteiger partial charge in [0.15, 0.2) is 0 Å². The molecule has 112 valence electrons. The van der Waals surface area contributed by atoms with E-state index in [9.17, 15) is 4.79 Å². The van der Waals surface area contributed by atoms with Crippen molar-refractivity contribution < 1.29 is 9.63 Å². The molecule has 2 aromatic carbocycles. The van der Waals surface area contributed by atoms with E-state index in [1.54, 1.807) is 30.3 Å². The molecule has 0 fully saturated rings. The fourth-order valence-corrected chi connectivity index (χ4v) is 1.78. The molecule has 0 unspecified atom stereocenters. The van der Waals surface area contributed by atoms with Crippen LogP contribution in [-0.2, 0) is 4.84 Å². The zero-order chi connectivity index (χ0) is 15.8. The minimum Gasteiger partial charge on any atom is -0.378 e. The van der Waals surface area contributed by atoms with E-state index in [4.69, 9.17) is 4.84 Å². The van der Waals surface area contributed by atoms with Crippen LogP contribution in [0.3, 0.4) is 0 Å². The van der Waals surface area contributed by atoms with Crippen LogP contribution >= 0.6 is 0 Å². The summed E-state index contributed by atoms with van der Waals surface area (Å²) in [7, 11) is 4.00. The molecule has 0 heterocycles. The third-order valence-corrected chi connectivity index (χ3v) is 2.99. The summed E-state index contributed by atoms with van der Waals surface area (Å²) in [5.41, 5.74) is 2.66. The van der Waals surface area contributed by atoms with Crippen LogP contribution < -0.4 is 4.90 Å². The molecular weight excluding hydrogens is 276 g/mol. The summed E-state index contributed by atoms with van der Waals surface area (Å²) in [6, 6.07) is 16.8. The normalized spacial score (nSPS) is 11.0. The molecular formula is C18H18N2O2. The summed E-state index contributed by atoms with van der Waals surface area (Å²) in [5.74, 6) is -0.472. The third-order valence-electron chi connectivity index (χ3n) is 2.99. The van der Waals surface area contributed by atoms with Gasteiger partial charge >= 0.3 is 5.97 Å². The molecule has 0 N–H and O–H groups in total. The second-order valence-electron chi connectivity index (χ2n) is 4.84. The highest BCUT2D eigenvalue weighted by Crippen LogP contribution is 2.12. The highest BCUT2D eigenvalue weighted by Gasteiger charge is 2.03. The Bertz CT molecular complexity index is 659. The van der Waals surface area contributed by atoms with E-state index in [0.717, 1.165) is 11.3 Å². The quantitative estimate of drug-likeness (QED) is 0.480. The van der Waals surface area contributed by atoms with Crippen molar-refractivity contribution in [3.05, 3.63) is 71.8 Å². The van der Waals surface area contributed by atoms with Crippen LogP contribution in [0, 0.1) is 0 Å². The topological polar surface area (TPSA) is 41.9 Å². The number of oxime groups is 1. The highest BCUT2D eigenvalue weighted by molar-refractivity contribution is 5.89. The molecule has 0 aliphatic rings. The van der Waals surface area contributed by atoms with E-state index in [0.29, 0.717) is 5.56 Å². The first-order valence-corrected chi connectivity index (χ1v) is 6.90. The first-order valence-electron chi connectivity index (χ1n) is 6.90. The Morgan fingerprint density at radius 1 is 1.05 bits per heavy atom. The number of carbonyl (C=O) groups excluding carboxylic acids is 1. The van der Waals surface area contributed by atoms with E-state index < -0.39 is 5.97 Å². The molecule has 2 rings (SSSR count). The largest absolute Gasteiger partial charge is 0.378 e. The van der Waals surface area contributed by atoms with Gasteiger partial charge in [-0.1, -0.05) is 41.6 Å². The lowest BCUT2D eigenvalue weighted by Gasteiger charge is -2.11. The van der Waals surface area contributed by atoms with Crippen molar-refractivity contribution in [3.8, 4) is 0 Å². The molecule has 22 heavy (non-hydrogen) atoms. The molecule has 0 aromatic heterocycles. The number of allylic oxidation sites excluding steroid dienone is 1. The Kier molecular flexibility index (Phi) is 5.49. The Balaban J connectivity index is 1.85. The summed E-state index contributed by atoms with van der Waals surface area (Å²) in [4.78, 5) is 18.4. The minimum absolute atomic E-state index is 0.472. The summed E-state index contributed by atoms with van der Waals surface area (Å²) >= 11 is 0. The maximum absolute atomic E-state index is 11.6. The van der Waals surface area contributed by atoms with Crippen LogP contribution in [0.1, 0.15) is 15.9 Å². The van der Waals surface area contributed by atoms with Crippen molar-refractivity contribution in [1.82, 2.24) is 0 Å². The van der Waals surface area contributed by atoms with Gasteiger partial charge in [-0.2, -0.15) is 0 Å². The van der Waals surface area contributed by atoms with Gasteiger partial charge in [0.05, 0.1) is 11.8 Å². The molecule has 2 aromatic rings. The summed E-state index contributed by atoms with van der Waals surface area (Å²) in [6.45, 7) is 0. The van der Waals surface area contributed by atoms with Gasteiger partial charge in [0.2, 0.25) is 0 Å². The third kappa shape index (κ3) is 4.59. The molecule has 0 saturated heterocycles. The fourth-order valence-electron chi connectivity index (χ4n) is 1.78. The summed E-state index contributed by atoms with van der Waals surface area (Å²) < 4.78 is 0. The zero-order valence-electron chi connectivity index (χ0n) is 12.6. The van der Waals surface area contributed by atoms with E-state index in [1.807, 2.05) is 55.4 Å². The summed E-state index contributed by atoms with van der Waals surface area (Å²) in [6.07, 6.45) is 5.06. The maximum Gasteiger partial charge on any atom is 0.365 e. The molecule has 0 aliphatic heterocycles. The predicted octanol–water partition coefficient (Wildman–Crippen LogP) is 3.61. The standard InChI is InChI=1S/C18H18N2O2/c1-20(2)17-12-10-15(11-13-17)7-6-14-19-22-18(21)16-8-4-3-5-9-16/h3-14H,1-2H3/b7-6+,19-14?. The Morgan fingerprint density at radius 3 is 2.36 bits per heavy atom. The minimum atomic E-state index is -0.472. The zero-order valence-corrected chi connectivity index (χ0v) is 12.6. The lowest BCUT2D eigenvalue weighted by molar-refractivity contribution is 0.0519. The molecule has 0 saturated carbocycles. The Labute approximate surface area is 130 Å². The van der Waals surface area contributed by atoms with E-state index in [-0.39, 0.29) is 0 Å². The molecule has 0 atom stereocenters. The molecule has 4 nitrogen and oxygen atoms in total. The predicted molar refractivity (Wildman–Crippen MR) is 90.2 cm³/mol. The van der Waals surface area contributed by atoms with Crippen molar-refractivity contribution in [2.75, 3.05) is 19.0 Å². The number of hydrogen-bond acceptors (Lipinski definition) is 4. The average Bonchev–Trinajstić information content (AvgIpc) is 2.55. The van der Waals surface area contributed by atoms with Crippen molar-refractivity contribution in [1.29, 1.82) is 0 Å². The van der Waals surface area contributed by atoms with E-state index >= 15 is 0 Å². The fraction of sp³-hybridized carbons (Fsp3) is 0.111. The Morgan fingerprint density at radius 2 is 1.73 bits per heavy atom. The second kappa shape index (κ2) is 7.78.